The van der Waals surface area contributed by atoms with E-state index in [1.165, 1.54) is 0 Å². The summed E-state index contributed by atoms with van der Waals surface area (Å²) in [4.78, 5) is 12.0. The summed E-state index contributed by atoms with van der Waals surface area (Å²) in [5.74, 6) is 0.675. The first-order valence-corrected chi connectivity index (χ1v) is 7.11. The number of hydrogen-bond acceptors (Lipinski definition) is 2. The minimum atomic E-state index is -0.117. The molecule has 2 aromatic carbocycles. The van der Waals surface area contributed by atoms with Gasteiger partial charge in [0.25, 0.3) is 5.91 Å². The molecule has 110 valence electrons. The highest BCUT2D eigenvalue weighted by atomic mass is 16.5. The minimum absolute atomic E-state index is 0.0275. The van der Waals surface area contributed by atoms with Crippen LogP contribution in [0.2, 0.25) is 0 Å². The Morgan fingerprint density at radius 2 is 1.67 bits per heavy atom. The average molecular weight is 283 g/mol. The molecule has 0 saturated heterocycles. The summed E-state index contributed by atoms with van der Waals surface area (Å²) in [6.07, 6.45) is 0. The monoisotopic (exact) mass is 283 g/mol. The SMILES string of the molecule is Cc1cccc(C)c1OCC(=O)NC(C)c1ccccc1. The molecule has 3 nitrogen and oxygen atoms in total. The topological polar surface area (TPSA) is 38.3 Å². The Kier molecular flexibility index (Phi) is 4.99. The predicted octanol–water partition coefficient (Wildman–Crippen LogP) is 3.56. The van der Waals surface area contributed by atoms with E-state index < -0.39 is 0 Å². The number of carbonyl (C=O) groups excluding carboxylic acids is 1. The lowest BCUT2D eigenvalue weighted by molar-refractivity contribution is -0.123. The summed E-state index contributed by atoms with van der Waals surface area (Å²) in [6.45, 7) is 5.95. The zero-order valence-electron chi connectivity index (χ0n) is 12.7. The highest BCUT2D eigenvalue weighted by molar-refractivity contribution is 5.78. The fourth-order valence-corrected chi connectivity index (χ4v) is 2.27. The van der Waals surface area contributed by atoms with Gasteiger partial charge in [0.15, 0.2) is 6.61 Å². The van der Waals surface area contributed by atoms with Gasteiger partial charge in [-0.15, -0.1) is 0 Å². The lowest BCUT2D eigenvalue weighted by Gasteiger charge is -2.16. The minimum Gasteiger partial charge on any atom is -0.483 e. The standard InChI is InChI=1S/C18H21NO2/c1-13-8-7-9-14(2)18(13)21-12-17(20)19-15(3)16-10-5-4-6-11-16/h4-11,15H,12H2,1-3H3,(H,19,20). The predicted molar refractivity (Wildman–Crippen MR) is 84.4 cm³/mol. The average Bonchev–Trinajstić information content (AvgIpc) is 2.47. The van der Waals surface area contributed by atoms with E-state index in [9.17, 15) is 4.79 Å². The highest BCUT2D eigenvalue weighted by Crippen LogP contribution is 2.22. The van der Waals surface area contributed by atoms with Gasteiger partial charge >= 0.3 is 0 Å². The second kappa shape index (κ2) is 6.93. The lowest BCUT2D eigenvalue weighted by Crippen LogP contribution is -2.31. The van der Waals surface area contributed by atoms with Crippen molar-refractivity contribution in [3.63, 3.8) is 0 Å². The van der Waals surface area contributed by atoms with Crippen LogP contribution in [0.15, 0.2) is 48.5 Å². The van der Waals surface area contributed by atoms with Crippen molar-refractivity contribution in [3.8, 4) is 5.75 Å². The largest absolute Gasteiger partial charge is 0.483 e. The molecule has 1 N–H and O–H groups in total. The zero-order valence-corrected chi connectivity index (χ0v) is 12.7. The molecule has 0 saturated carbocycles. The zero-order chi connectivity index (χ0) is 15.2. The summed E-state index contributed by atoms with van der Waals surface area (Å²) < 4.78 is 5.65. The van der Waals surface area contributed by atoms with Crippen molar-refractivity contribution in [1.29, 1.82) is 0 Å². The van der Waals surface area contributed by atoms with Gasteiger partial charge in [0.1, 0.15) is 5.75 Å². The number of carbonyl (C=O) groups is 1. The van der Waals surface area contributed by atoms with E-state index >= 15 is 0 Å². The Morgan fingerprint density at radius 1 is 1.05 bits per heavy atom. The fraction of sp³-hybridized carbons (Fsp3) is 0.278. The number of benzene rings is 2. The van der Waals surface area contributed by atoms with E-state index in [1.54, 1.807) is 0 Å². The third kappa shape index (κ3) is 4.09. The van der Waals surface area contributed by atoms with Crippen LogP contribution < -0.4 is 10.1 Å². The Balaban J connectivity index is 1.91. The van der Waals surface area contributed by atoms with Crippen LogP contribution in [-0.2, 0) is 4.79 Å². The molecule has 0 spiro atoms. The maximum atomic E-state index is 12.0. The number of para-hydroxylation sites is 1. The Labute approximate surface area is 126 Å². The van der Waals surface area contributed by atoms with E-state index in [-0.39, 0.29) is 18.6 Å². The number of rotatable bonds is 5. The third-order valence-electron chi connectivity index (χ3n) is 3.43. The van der Waals surface area contributed by atoms with Crippen LogP contribution >= 0.6 is 0 Å². The van der Waals surface area contributed by atoms with E-state index in [1.807, 2.05) is 69.3 Å². The van der Waals surface area contributed by atoms with Gasteiger partial charge in [-0.3, -0.25) is 4.79 Å². The first kappa shape index (κ1) is 15.1. The molecule has 2 rings (SSSR count). The summed E-state index contributed by atoms with van der Waals surface area (Å²) in [6, 6.07) is 15.8. The molecular formula is C18H21NO2. The lowest BCUT2D eigenvalue weighted by atomic mass is 10.1. The number of ether oxygens (including phenoxy) is 1. The van der Waals surface area contributed by atoms with Gasteiger partial charge in [0, 0.05) is 0 Å². The van der Waals surface area contributed by atoms with E-state index in [0.29, 0.717) is 0 Å². The number of aryl methyl sites for hydroxylation is 2. The van der Waals surface area contributed by atoms with E-state index in [0.717, 1.165) is 22.4 Å². The Hall–Kier alpha value is -2.29. The maximum Gasteiger partial charge on any atom is 0.258 e. The maximum absolute atomic E-state index is 12.0. The summed E-state index contributed by atoms with van der Waals surface area (Å²) >= 11 is 0. The summed E-state index contributed by atoms with van der Waals surface area (Å²) in [7, 11) is 0. The molecule has 1 unspecified atom stereocenters. The van der Waals surface area contributed by atoms with Gasteiger partial charge in [0.2, 0.25) is 0 Å². The second-order valence-electron chi connectivity index (χ2n) is 5.21. The molecule has 0 heterocycles. The quantitative estimate of drug-likeness (QED) is 0.911. The fourth-order valence-electron chi connectivity index (χ4n) is 2.27. The van der Waals surface area contributed by atoms with Crippen molar-refractivity contribution in [1.82, 2.24) is 5.32 Å². The molecule has 2 aromatic rings. The van der Waals surface area contributed by atoms with Crippen molar-refractivity contribution >= 4 is 5.91 Å². The van der Waals surface area contributed by atoms with Crippen molar-refractivity contribution in [2.75, 3.05) is 6.61 Å². The molecule has 0 aliphatic rings. The normalized spacial score (nSPS) is 11.8. The van der Waals surface area contributed by atoms with Gasteiger partial charge < -0.3 is 10.1 Å². The number of nitrogens with one attached hydrogen (secondary N) is 1. The molecule has 21 heavy (non-hydrogen) atoms. The number of amides is 1. The Morgan fingerprint density at radius 3 is 2.29 bits per heavy atom. The Bertz CT molecular complexity index is 588. The van der Waals surface area contributed by atoms with Crippen molar-refractivity contribution in [3.05, 3.63) is 65.2 Å². The molecule has 1 amide bonds. The molecule has 3 heteroatoms. The van der Waals surface area contributed by atoms with Crippen molar-refractivity contribution in [2.24, 2.45) is 0 Å². The van der Waals surface area contributed by atoms with Gasteiger partial charge in [-0.2, -0.15) is 0 Å². The molecule has 0 radical (unpaired) electrons. The molecule has 0 aromatic heterocycles. The first-order valence-electron chi connectivity index (χ1n) is 7.11. The molecular weight excluding hydrogens is 262 g/mol. The highest BCUT2D eigenvalue weighted by Gasteiger charge is 2.11. The molecule has 0 fully saturated rings. The van der Waals surface area contributed by atoms with Crippen molar-refractivity contribution in [2.45, 2.75) is 26.8 Å². The molecule has 0 aliphatic heterocycles. The molecule has 1 atom stereocenters. The molecule has 0 bridgehead atoms. The third-order valence-corrected chi connectivity index (χ3v) is 3.43. The van der Waals surface area contributed by atoms with E-state index in [4.69, 9.17) is 4.74 Å². The van der Waals surface area contributed by atoms with Crippen LogP contribution in [0.25, 0.3) is 0 Å². The first-order chi connectivity index (χ1) is 10.1. The second-order valence-corrected chi connectivity index (χ2v) is 5.21. The molecule has 0 aliphatic carbocycles. The number of hydrogen-bond donors (Lipinski definition) is 1. The smallest absolute Gasteiger partial charge is 0.258 e. The van der Waals surface area contributed by atoms with Gasteiger partial charge in [-0.25, -0.2) is 0 Å². The van der Waals surface area contributed by atoms with Crippen LogP contribution in [-0.4, -0.2) is 12.5 Å². The van der Waals surface area contributed by atoms with Crippen LogP contribution in [0, 0.1) is 13.8 Å². The summed E-state index contributed by atoms with van der Waals surface area (Å²) in [5.41, 5.74) is 3.16. The van der Waals surface area contributed by atoms with Crippen molar-refractivity contribution < 1.29 is 9.53 Å². The van der Waals surface area contributed by atoms with Gasteiger partial charge in [-0.1, -0.05) is 48.5 Å². The van der Waals surface area contributed by atoms with Crippen LogP contribution in [0.3, 0.4) is 0 Å². The van der Waals surface area contributed by atoms with Crippen LogP contribution in [0.1, 0.15) is 29.7 Å². The van der Waals surface area contributed by atoms with Gasteiger partial charge in [-0.05, 0) is 37.5 Å². The van der Waals surface area contributed by atoms with Gasteiger partial charge in [0.05, 0.1) is 6.04 Å². The van der Waals surface area contributed by atoms with E-state index in [2.05, 4.69) is 5.32 Å². The van der Waals surface area contributed by atoms with Crippen LogP contribution in [0.4, 0.5) is 0 Å². The van der Waals surface area contributed by atoms with Crippen LogP contribution in [0.5, 0.6) is 5.75 Å². The summed E-state index contributed by atoms with van der Waals surface area (Å²) in [5, 5.41) is 2.94.